The van der Waals surface area contributed by atoms with Crippen molar-refractivity contribution in [3.05, 3.63) is 0 Å². The molecule has 1 heteroatoms. The number of rotatable bonds is 3. The molecule has 0 aliphatic heterocycles. The summed E-state index contributed by atoms with van der Waals surface area (Å²) in [6, 6.07) is 0. The molecule has 0 spiro atoms. The van der Waals surface area contributed by atoms with Gasteiger partial charge >= 0.3 is 0 Å². The van der Waals surface area contributed by atoms with Gasteiger partial charge in [-0.15, -0.1) is 0 Å². The zero-order chi connectivity index (χ0) is 10.8. The molecule has 0 aromatic heterocycles. The van der Waals surface area contributed by atoms with Crippen molar-refractivity contribution in [3.63, 3.8) is 0 Å². The van der Waals surface area contributed by atoms with Crippen molar-refractivity contribution in [1.82, 2.24) is 0 Å². The van der Waals surface area contributed by atoms with E-state index in [-0.39, 0.29) is 5.92 Å². The van der Waals surface area contributed by atoms with Crippen molar-refractivity contribution < 1.29 is 4.79 Å². The van der Waals surface area contributed by atoms with E-state index in [9.17, 15) is 4.79 Å². The van der Waals surface area contributed by atoms with Gasteiger partial charge in [-0.1, -0.05) is 27.7 Å². The second-order valence-electron chi connectivity index (χ2n) is 5.65. The van der Waals surface area contributed by atoms with Gasteiger partial charge in [-0.2, -0.15) is 0 Å². The van der Waals surface area contributed by atoms with E-state index in [1.54, 1.807) is 0 Å². The van der Waals surface area contributed by atoms with Crippen LogP contribution in [0.4, 0.5) is 0 Å². The van der Waals surface area contributed by atoms with Gasteiger partial charge in [0, 0.05) is 11.8 Å². The molecule has 1 fully saturated rings. The van der Waals surface area contributed by atoms with Crippen LogP contribution < -0.4 is 0 Å². The second kappa shape index (κ2) is 4.46. The van der Waals surface area contributed by atoms with Crippen LogP contribution in [0.1, 0.15) is 59.8 Å². The first-order chi connectivity index (χ1) is 6.46. The maximum Gasteiger partial charge on any atom is 0.138 e. The molecule has 1 rings (SSSR count). The summed E-state index contributed by atoms with van der Waals surface area (Å²) in [5, 5.41) is 0. The molecule has 0 bridgehead atoms. The minimum atomic E-state index is 0.279. The SMILES string of the molecule is CCC(C)C(=O)C1CCC(C)(C)CC1. The first-order valence-corrected chi connectivity index (χ1v) is 6.00. The lowest BCUT2D eigenvalue weighted by molar-refractivity contribution is -0.128. The Morgan fingerprint density at radius 2 is 1.86 bits per heavy atom. The third-order valence-corrected chi connectivity index (χ3v) is 3.84. The number of ketones is 1. The summed E-state index contributed by atoms with van der Waals surface area (Å²) in [6.07, 6.45) is 5.69. The average Bonchev–Trinajstić information content (AvgIpc) is 2.15. The Bertz CT molecular complexity index is 195. The summed E-state index contributed by atoms with van der Waals surface area (Å²) in [5.74, 6) is 1.17. The number of carbonyl (C=O) groups excluding carboxylic acids is 1. The Balaban J connectivity index is 2.46. The molecule has 0 aromatic rings. The lowest BCUT2D eigenvalue weighted by Crippen LogP contribution is -2.29. The molecule has 1 aliphatic rings. The first kappa shape index (κ1) is 11.7. The number of hydrogen-bond acceptors (Lipinski definition) is 1. The van der Waals surface area contributed by atoms with Crippen LogP contribution >= 0.6 is 0 Å². The largest absolute Gasteiger partial charge is 0.299 e. The van der Waals surface area contributed by atoms with E-state index in [0.29, 0.717) is 17.1 Å². The van der Waals surface area contributed by atoms with E-state index >= 15 is 0 Å². The summed E-state index contributed by atoms with van der Waals surface area (Å²) in [4.78, 5) is 11.9. The molecule has 0 aromatic carbocycles. The van der Waals surface area contributed by atoms with E-state index in [0.717, 1.165) is 19.3 Å². The number of carbonyl (C=O) groups is 1. The van der Waals surface area contributed by atoms with Crippen molar-refractivity contribution in [3.8, 4) is 0 Å². The van der Waals surface area contributed by atoms with Crippen LogP contribution in [0.3, 0.4) is 0 Å². The number of hydrogen-bond donors (Lipinski definition) is 0. The Kier molecular flexibility index (Phi) is 3.74. The Morgan fingerprint density at radius 1 is 1.36 bits per heavy atom. The highest BCUT2D eigenvalue weighted by molar-refractivity contribution is 5.83. The van der Waals surface area contributed by atoms with Crippen molar-refractivity contribution >= 4 is 5.78 Å². The van der Waals surface area contributed by atoms with Gasteiger partial charge < -0.3 is 0 Å². The predicted molar refractivity (Wildman–Crippen MR) is 60.2 cm³/mol. The van der Waals surface area contributed by atoms with E-state index in [4.69, 9.17) is 0 Å². The molecule has 1 unspecified atom stereocenters. The molecule has 1 aliphatic carbocycles. The first-order valence-electron chi connectivity index (χ1n) is 6.00. The van der Waals surface area contributed by atoms with Gasteiger partial charge in [-0.25, -0.2) is 0 Å². The molecular formula is C13H24O. The monoisotopic (exact) mass is 196 g/mol. The summed E-state index contributed by atoms with van der Waals surface area (Å²) >= 11 is 0. The van der Waals surface area contributed by atoms with Crippen LogP contribution in [0.5, 0.6) is 0 Å². The van der Waals surface area contributed by atoms with Crippen molar-refractivity contribution in [2.24, 2.45) is 17.3 Å². The van der Waals surface area contributed by atoms with Crippen LogP contribution in [0.2, 0.25) is 0 Å². The van der Waals surface area contributed by atoms with Crippen LogP contribution in [-0.4, -0.2) is 5.78 Å². The third kappa shape index (κ3) is 2.83. The predicted octanol–water partition coefficient (Wildman–Crippen LogP) is 3.82. The van der Waals surface area contributed by atoms with Crippen molar-refractivity contribution in [1.29, 1.82) is 0 Å². The summed E-state index contributed by atoms with van der Waals surface area (Å²) in [5.41, 5.74) is 0.478. The highest BCUT2D eigenvalue weighted by atomic mass is 16.1. The zero-order valence-corrected chi connectivity index (χ0v) is 10.1. The molecule has 1 nitrogen and oxygen atoms in total. The molecule has 1 saturated carbocycles. The average molecular weight is 196 g/mol. The quantitative estimate of drug-likeness (QED) is 0.670. The van der Waals surface area contributed by atoms with Gasteiger partial charge in [-0.3, -0.25) is 4.79 Å². The minimum absolute atomic E-state index is 0.279. The van der Waals surface area contributed by atoms with Gasteiger partial charge in [0.15, 0.2) is 0 Å². The standard InChI is InChI=1S/C13H24O/c1-5-10(2)12(14)11-6-8-13(3,4)9-7-11/h10-11H,5-9H2,1-4H3. The molecule has 0 radical (unpaired) electrons. The lowest BCUT2D eigenvalue weighted by Gasteiger charge is -2.34. The van der Waals surface area contributed by atoms with E-state index in [2.05, 4.69) is 27.7 Å². The molecule has 82 valence electrons. The van der Waals surface area contributed by atoms with E-state index < -0.39 is 0 Å². The van der Waals surface area contributed by atoms with Crippen molar-refractivity contribution in [2.75, 3.05) is 0 Å². The highest BCUT2D eigenvalue weighted by Gasteiger charge is 2.31. The lowest BCUT2D eigenvalue weighted by atomic mass is 9.70. The van der Waals surface area contributed by atoms with Crippen molar-refractivity contribution in [2.45, 2.75) is 59.8 Å². The second-order valence-corrected chi connectivity index (χ2v) is 5.65. The van der Waals surface area contributed by atoms with Crippen LogP contribution in [-0.2, 0) is 4.79 Å². The Labute approximate surface area is 88.3 Å². The van der Waals surface area contributed by atoms with Crippen LogP contribution in [0, 0.1) is 17.3 Å². The summed E-state index contributed by atoms with van der Waals surface area (Å²) in [6.45, 7) is 8.81. The van der Waals surface area contributed by atoms with Crippen LogP contribution in [0.15, 0.2) is 0 Å². The minimum Gasteiger partial charge on any atom is -0.299 e. The van der Waals surface area contributed by atoms with E-state index in [1.165, 1.54) is 12.8 Å². The van der Waals surface area contributed by atoms with Gasteiger partial charge in [-0.05, 0) is 37.5 Å². The molecule has 0 amide bonds. The fourth-order valence-electron chi connectivity index (χ4n) is 2.29. The van der Waals surface area contributed by atoms with Gasteiger partial charge in [0.1, 0.15) is 5.78 Å². The number of Topliss-reactive ketones (excluding diaryl/α,β-unsaturated/α-hetero) is 1. The van der Waals surface area contributed by atoms with Gasteiger partial charge in [0.05, 0.1) is 0 Å². The highest BCUT2D eigenvalue weighted by Crippen LogP contribution is 2.39. The maximum atomic E-state index is 11.9. The maximum absolute atomic E-state index is 11.9. The normalized spacial score (nSPS) is 24.6. The molecule has 1 atom stereocenters. The molecule has 14 heavy (non-hydrogen) atoms. The third-order valence-electron chi connectivity index (χ3n) is 3.84. The fraction of sp³-hybridized carbons (Fsp3) is 0.923. The Morgan fingerprint density at radius 3 is 2.29 bits per heavy atom. The van der Waals surface area contributed by atoms with Gasteiger partial charge in [0.2, 0.25) is 0 Å². The topological polar surface area (TPSA) is 17.1 Å². The molecule has 0 heterocycles. The Hall–Kier alpha value is -0.330. The fourth-order valence-corrected chi connectivity index (χ4v) is 2.29. The van der Waals surface area contributed by atoms with E-state index in [1.807, 2.05) is 0 Å². The van der Waals surface area contributed by atoms with Crippen LogP contribution in [0.25, 0.3) is 0 Å². The summed E-state index contributed by atoms with van der Waals surface area (Å²) < 4.78 is 0. The molecular weight excluding hydrogens is 172 g/mol. The smallest absolute Gasteiger partial charge is 0.138 e. The summed E-state index contributed by atoms with van der Waals surface area (Å²) in [7, 11) is 0. The van der Waals surface area contributed by atoms with Gasteiger partial charge in [0.25, 0.3) is 0 Å². The molecule has 0 N–H and O–H groups in total. The zero-order valence-electron chi connectivity index (χ0n) is 10.1. The molecule has 0 saturated heterocycles.